The summed E-state index contributed by atoms with van der Waals surface area (Å²) in [6.45, 7) is 7.35. The van der Waals surface area contributed by atoms with Crippen LogP contribution >= 0.6 is 0 Å². The third-order valence-corrected chi connectivity index (χ3v) is 8.46. The van der Waals surface area contributed by atoms with Crippen molar-refractivity contribution in [2.45, 2.75) is 96.7 Å². The Balaban J connectivity index is 1.97. The van der Waals surface area contributed by atoms with Crippen LogP contribution in [0.3, 0.4) is 0 Å². The second kappa shape index (κ2) is 11.9. The van der Waals surface area contributed by atoms with Crippen LogP contribution in [0.15, 0.2) is 30.3 Å². The lowest BCUT2D eigenvalue weighted by Crippen LogP contribution is -2.40. The van der Waals surface area contributed by atoms with Crippen molar-refractivity contribution < 1.29 is 0 Å². The number of unbranched alkanes of at least 4 members (excludes halogenated alkanes) is 10. The molecule has 0 saturated heterocycles. The zero-order chi connectivity index (χ0) is 16.1. The largest absolute Gasteiger partial charge is 0.0806 e. The van der Waals surface area contributed by atoms with Crippen LogP contribution in [0.5, 0.6) is 0 Å². The van der Waals surface area contributed by atoms with Crippen molar-refractivity contribution in [2.75, 3.05) is 0 Å². The van der Waals surface area contributed by atoms with E-state index in [0.29, 0.717) is 0 Å². The van der Waals surface area contributed by atoms with E-state index < -0.39 is 8.07 Å². The van der Waals surface area contributed by atoms with Crippen LogP contribution in [0.2, 0.25) is 19.1 Å². The Bertz CT molecular complexity index is 355. The maximum absolute atomic E-state index is 2.53. The van der Waals surface area contributed by atoms with Gasteiger partial charge in [-0.25, -0.2) is 0 Å². The van der Waals surface area contributed by atoms with Crippen LogP contribution in [0.1, 0.15) is 77.6 Å². The van der Waals surface area contributed by atoms with E-state index in [1.54, 1.807) is 5.19 Å². The summed E-state index contributed by atoms with van der Waals surface area (Å²) in [6.07, 6.45) is 15.9. The molecule has 0 saturated carbocycles. The highest BCUT2D eigenvalue weighted by molar-refractivity contribution is 6.89. The number of benzene rings is 1. The summed E-state index contributed by atoms with van der Waals surface area (Å²) in [6, 6.07) is 12.7. The quantitative estimate of drug-likeness (QED) is 0.274. The van der Waals surface area contributed by atoms with Crippen molar-refractivity contribution in [1.29, 1.82) is 0 Å². The first-order valence-electron chi connectivity index (χ1n) is 9.72. The van der Waals surface area contributed by atoms with E-state index in [1.807, 2.05) is 0 Å². The topological polar surface area (TPSA) is 0 Å². The second-order valence-corrected chi connectivity index (χ2v) is 12.4. The lowest BCUT2D eigenvalue weighted by Gasteiger charge is -2.22. The van der Waals surface area contributed by atoms with Crippen molar-refractivity contribution in [3.8, 4) is 0 Å². The van der Waals surface area contributed by atoms with Crippen molar-refractivity contribution in [1.82, 2.24) is 0 Å². The van der Waals surface area contributed by atoms with E-state index in [4.69, 9.17) is 0 Å². The average Bonchev–Trinajstić information content (AvgIpc) is 2.53. The van der Waals surface area contributed by atoms with E-state index in [0.717, 1.165) is 0 Å². The highest BCUT2D eigenvalue weighted by atomic mass is 28.3. The number of hydrogen-bond acceptors (Lipinski definition) is 0. The highest BCUT2D eigenvalue weighted by Gasteiger charge is 2.21. The van der Waals surface area contributed by atoms with Gasteiger partial charge in [-0.05, 0) is 0 Å². The molecule has 0 radical (unpaired) electrons. The van der Waals surface area contributed by atoms with Gasteiger partial charge in [-0.2, -0.15) is 0 Å². The Morgan fingerprint density at radius 1 is 0.636 bits per heavy atom. The van der Waals surface area contributed by atoms with Gasteiger partial charge in [0.25, 0.3) is 0 Å². The summed E-state index contributed by atoms with van der Waals surface area (Å²) >= 11 is 0. The zero-order valence-corrected chi connectivity index (χ0v) is 16.4. The van der Waals surface area contributed by atoms with Gasteiger partial charge in [-0.3, -0.25) is 0 Å². The van der Waals surface area contributed by atoms with Gasteiger partial charge in [0.1, 0.15) is 0 Å². The van der Waals surface area contributed by atoms with E-state index >= 15 is 0 Å². The van der Waals surface area contributed by atoms with Gasteiger partial charge >= 0.3 is 0 Å². The first kappa shape index (κ1) is 19.5. The van der Waals surface area contributed by atoms with Crippen LogP contribution in [0.4, 0.5) is 0 Å². The SMILES string of the molecule is CCCCCCCCCCCCC[Si](C)(C)c1ccccc1. The van der Waals surface area contributed by atoms with E-state index in [-0.39, 0.29) is 0 Å². The minimum Gasteiger partial charge on any atom is -0.0654 e. The van der Waals surface area contributed by atoms with Crippen molar-refractivity contribution >= 4 is 13.3 Å². The van der Waals surface area contributed by atoms with Crippen molar-refractivity contribution in [3.05, 3.63) is 30.3 Å². The van der Waals surface area contributed by atoms with Gasteiger partial charge in [-0.1, -0.05) is 132 Å². The predicted octanol–water partition coefficient (Wildman–Crippen LogP) is 6.91. The molecule has 0 aliphatic rings. The minimum atomic E-state index is -1.17. The van der Waals surface area contributed by atoms with Crippen LogP contribution in [-0.2, 0) is 0 Å². The fourth-order valence-corrected chi connectivity index (χ4v) is 5.78. The molecular weight excluding hydrogens is 280 g/mol. The second-order valence-electron chi connectivity index (χ2n) is 7.54. The van der Waals surface area contributed by atoms with Crippen LogP contribution in [0, 0.1) is 0 Å². The van der Waals surface area contributed by atoms with Crippen LogP contribution < -0.4 is 5.19 Å². The molecule has 1 rings (SSSR count). The summed E-state index contributed by atoms with van der Waals surface area (Å²) in [7, 11) is -1.17. The van der Waals surface area contributed by atoms with Gasteiger partial charge in [0.2, 0.25) is 0 Å². The molecule has 0 bridgehead atoms. The fourth-order valence-electron chi connectivity index (χ4n) is 3.26. The van der Waals surface area contributed by atoms with Gasteiger partial charge in [0.05, 0.1) is 8.07 Å². The Morgan fingerprint density at radius 2 is 1.09 bits per heavy atom. The molecule has 0 heterocycles. The molecule has 0 spiro atoms. The average molecular weight is 319 g/mol. The lowest BCUT2D eigenvalue weighted by atomic mass is 10.1. The van der Waals surface area contributed by atoms with E-state index in [1.165, 1.54) is 76.7 Å². The highest BCUT2D eigenvalue weighted by Crippen LogP contribution is 2.17. The lowest BCUT2D eigenvalue weighted by molar-refractivity contribution is 0.554. The Kier molecular flexibility index (Phi) is 10.6. The molecule has 126 valence electrons. The Hall–Kier alpha value is -0.563. The molecule has 0 unspecified atom stereocenters. The van der Waals surface area contributed by atoms with E-state index in [2.05, 4.69) is 50.3 Å². The third-order valence-electron chi connectivity index (χ3n) is 4.96. The first-order valence-corrected chi connectivity index (χ1v) is 12.9. The monoisotopic (exact) mass is 318 g/mol. The summed E-state index contributed by atoms with van der Waals surface area (Å²) < 4.78 is 0. The minimum absolute atomic E-state index is 1.17. The van der Waals surface area contributed by atoms with Crippen molar-refractivity contribution in [2.24, 2.45) is 0 Å². The predicted molar refractivity (Wildman–Crippen MR) is 105 cm³/mol. The molecule has 0 amide bonds. The van der Waals surface area contributed by atoms with Gasteiger partial charge < -0.3 is 0 Å². The fraction of sp³-hybridized carbons (Fsp3) is 0.714. The molecule has 0 aliphatic carbocycles. The zero-order valence-electron chi connectivity index (χ0n) is 15.4. The molecular formula is C21H38Si. The molecule has 1 heteroatoms. The molecule has 1 aromatic carbocycles. The van der Waals surface area contributed by atoms with E-state index in [9.17, 15) is 0 Å². The van der Waals surface area contributed by atoms with Gasteiger partial charge in [-0.15, -0.1) is 0 Å². The molecule has 22 heavy (non-hydrogen) atoms. The Labute approximate surface area is 140 Å². The third kappa shape index (κ3) is 8.78. The van der Waals surface area contributed by atoms with Crippen LogP contribution in [-0.4, -0.2) is 8.07 Å². The normalized spacial score (nSPS) is 11.8. The maximum Gasteiger partial charge on any atom is 0.0806 e. The molecule has 0 nitrogen and oxygen atoms in total. The molecule has 0 fully saturated rings. The standard InChI is InChI=1S/C21H38Si/c1-4-5-6-7-8-9-10-11-12-13-17-20-22(2,3)21-18-15-14-16-19-21/h14-16,18-19H,4-13,17,20H2,1-3H3. The summed E-state index contributed by atoms with van der Waals surface area (Å²) in [4.78, 5) is 0. The number of rotatable bonds is 13. The molecule has 0 atom stereocenters. The molecule has 1 aromatic rings. The smallest absolute Gasteiger partial charge is 0.0654 e. The molecule has 0 aromatic heterocycles. The van der Waals surface area contributed by atoms with Crippen molar-refractivity contribution in [3.63, 3.8) is 0 Å². The van der Waals surface area contributed by atoms with Gasteiger partial charge in [0.15, 0.2) is 0 Å². The summed E-state index contributed by atoms with van der Waals surface area (Å²) in [5.74, 6) is 0. The van der Waals surface area contributed by atoms with Crippen LogP contribution in [0.25, 0.3) is 0 Å². The Morgan fingerprint density at radius 3 is 1.59 bits per heavy atom. The maximum atomic E-state index is 2.53. The summed E-state index contributed by atoms with van der Waals surface area (Å²) in [5, 5.41) is 1.63. The summed E-state index contributed by atoms with van der Waals surface area (Å²) in [5.41, 5.74) is 0. The van der Waals surface area contributed by atoms with Gasteiger partial charge in [0, 0.05) is 0 Å². The number of hydrogen-bond donors (Lipinski definition) is 0. The molecule has 0 N–H and O–H groups in total. The molecule has 0 aliphatic heterocycles. The first-order chi connectivity index (χ1) is 10.7.